The van der Waals surface area contributed by atoms with Crippen molar-refractivity contribution in [3.8, 4) is 22.8 Å². The summed E-state index contributed by atoms with van der Waals surface area (Å²) >= 11 is 0. The molecule has 1 aromatic heterocycles. The number of benzene rings is 2. The van der Waals surface area contributed by atoms with Crippen LogP contribution < -0.4 is 5.32 Å². The molecular formula is C27H31N3O3. The normalized spacial score (nSPS) is 14.3. The summed E-state index contributed by atoms with van der Waals surface area (Å²) in [6, 6.07) is 17.2. The summed E-state index contributed by atoms with van der Waals surface area (Å²) in [6.07, 6.45) is 6.35. The number of hydrogen-bond donors (Lipinski definition) is 1. The van der Waals surface area contributed by atoms with Gasteiger partial charge in [0.2, 0.25) is 11.8 Å². The smallest absolute Gasteiger partial charge is 0.254 e. The number of piperidine rings is 1. The average Bonchev–Trinajstić information content (AvgIpc) is 3.37. The van der Waals surface area contributed by atoms with Crippen LogP contribution in [-0.4, -0.2) is 41.3 Å². The first-order chi connectivity index (χ1) is 16.2. The zero-order valence-corrected chi connectivity index (χ0v) is 19.1. The van der Waals surface area contributed by atoms with Gasteiger partial charge in [-0.15, -0.1) is 0 Å². The van der Waals surface area contributed by atoms with Crippen molar-refractivity contribution in [2.45, 2.75) is 39.0 Å². The van der Waals surface area contributed by atoms with Crippen LogP contribution in [0.1, 0.15) is 49.4 Å². The largest absolute Gasteiger partial charge is 0.436 e. The van der Waals surface area contributed by atoms with Crippen LogP contribution in [-0.2, 0) is 4.79 Å². The highest BCUT2D eigenvalue weighted by molar-refractivity contribution is 6.00. The van der Waals surface area contributed by atoms with E-state index in [-0.39, 0.29) is 17.7 Å². The van der Waals surface area contributed by atoms with Crippen LogP contribution in [0.15, 0.2) is 65.2 Å². The van der Waals surface area contributed by atoms with Crippen molar-refractivity contribution in [2.75, 3.05) is 19.6 Å². The maximum Gasteiger partial charge on any atom is 0.254 e. The minimum atomic E-state index is -0.0492. The van der Waals surface area contributed by atoms with Gasteiger partial charge in [0.15, 0.2) is 5.76 Å². The molecule has 0 unspecified atom stereocenters. The predicted molar refractivity (Wildman–Crippen MR) is 129 cm³/mol. The van der Waals surface area contributed by atoms with E-state index in [0.29, 0.717) is 48.7 Å². The first-order valence-corrected chi connectivity index (χ1v) is 11.8. The Kier molecular flexibility index (Phi) is 7.55. The molecule has 4 rings (SSSR count). The second kappa shape index (κ2) is 10.9. The van der Waals surface area contributed by atoms with Crippen LogP contribution in [0.2, 0.25) is 0 Å². The molecule has 172 valence electrons. The number of unbranched alkanes of at least 4 members (excludes halogenated alkanes) is 2. The lowest BCUT2D eigenvalue weighted by Gasteiger charge is -2.31. The third-order valence-corrected chi connectivity index (χ3v) is 6.18. The van der Waals surface area contributed by atoms with Crippen LogP contribution in [0.4, 0.5) is 0 Å². The number of oxazole rings is 1. The highest BCUT2D eigenvalue weighted by Gasteiger charge is 2.29. The van der Waals surface area contributed by atoms with Gasteiger partial charge < -0.3 is 14.6 Å². The van der Waals surface area contributed by atoms with E-state index in [1.807, 2.05) is 59.5 Å². The molecule has 0 spiro atoms. The van der Waals surface area contributed by atoms with Crippen molar-refractivity contribution in [1.82, 2.24) is 15.2 Å². The van der Waals surface area contributed by atoms with Crippen molar-refractivity contribution in [3.63, 3.8) is 0 Å². The van der Waals surface area contributed by atoms with Gasteiger partial charge in [-0.05, 0) is 31.4 Å². The molecule has 6 nitrogen and oxygen atoms in total. The minimum absolute atomic E-state index is 0.0221. The molecule has 6 heteroatoms. The second-order valence-electron chi connectivity index (χ2n) is 8.51. The molecule has 1 saturated heterocycles. The molecule has 33 heavy (non-hydrogen) atoms. The number of likely N-dealkylation sites (tertiary alicyclic amines) is 1. The summed E-state index contributed by atoms with van der Waals surface area (Å²) < 4.78 is 6.00. The van der Waals surface area contributed by atoms with Crippen LogP contribution in [0.3, 0.4) is 0 Å². The molecule has 2 heterocycles. The highest BCUT2D eigenvalue weighted by Crippen LogP contribution is 2.29. The number of amides is 2. The second-order valence-corrected chi connectivity index (χ2v) is 8.51. The van der Waals surface area contributed by atoms with Crippen molar-refractivity contribution < 1.29 is 14.0 Å². The third-order valence-electron chi connectivity index (χ3n) is 6.18. The Morgan fingerprint density at radius 1 is 1.03 bits per heavy atom. The summed E-state index contributed by atoms with van der Waals surface area (Å²) in [5, 5.41) is 3.05. The summed E-state index contributed by atoms with van der Waals surface area (Å²) in [4.78, 5) is 32.0. The van der Waals surface area contributed by atoms with Crippen LogP contribution in [0, 0.1) is 5.92 Å². The first-order valence-electron chi connectivity index (χ1n) is 11.8. The van der Waals surface area contributed by atoms with E-state index in [1.165, 1.54) is 0 Å². The van der Waals surface area contributed by atoms with E-state index < -0.39 is 0 Å². The molecule has 0 aliphatic carbocycles. The lowest BCUT2D eigenvalue weighted by atomic mass is 9.95. The summed E-state index contributed by atoms with van der Waals surface area (Å²) in [7, 11) is 0. The lowest BCUT2D eigenvalue weighted by molar-refractivity contribution is -0.126. The number of rotatable bonds is 8. The highest BCUT2D eigenvalue weighted by atomic mass is 16.4. The van der Waals surface area contributed by atoms with E-state index in [4.69, 9.17) is 4.42 Å². The number of carbonyl (C=O) groups excluding carboxylic acids is 2. The number of aromatic nitrogens is 1. The van der Waals surface area contributed by atoms with Gasteiger partial charge in [0.05, 0.1) is 11.8 Å². The molecule has 0 bridgehead atoms. The van der Waals surface area contributed by atoms with Crippen molar-refractivity contribution in [3.05, 3.63) is 66.4 Å². The first kappa shape index (κ1) is 22.8. The molecule has 2 amide bonds. The quantitative estimate of drug-likeness (QED) is 0.486. The Hall–Kier alpha value is -3.41. The van der Waals surface area contributed by atoms with Crippen molar-refractivity contribution >= 4 is 11.8 Å². The monoisotopic (exact) mass is 445 g/mol. The number of nitrogens with one attached hydrogen (secondary N) is 1. The van der Waals surface area contributed by atoms with Crippen LogP contribution in [0.5, 0.6) is 0 Å². The fourth-order valence-corrected chi connectivity index (χ4v) is 4.24. The molecule has 1 aliphatic rings. The van der Waals surface area contributed by atoms with Gasteiger partial charge in [-0.25, -0.2) is 4.98 Å². The van der Waals surface area contributed by atoms with Crippen molar-refractivity contribution in [2.24, 2.45) is 5.92 Å². The van der Waals surface area contributed by atoms with Gasteiger partial charge in [0.25, 0.3) is 5.91 Å². The molecular weight excluding hydrogens is 414 g/mol. The topological polar surface area (TPSA) is 75.4 Å². The molecule has 1 N–H and O–H groups in total. The maximum atomic E-state index is 13.3. The Morgan fingerprint density at radius 3 is 2.52 bits per heavy atom. The Labute approximate surface area is 195 Å². The molecule has 1 fully saturated rings. The maximum absolute atomic E-state index is 13.3. The molecule has 1 aliphatic heterocycles. The molecule has 2 aromatic carbocycles. The molecule has 0 saturated carbocycles. The summed E-state index contributed by atoms with van der Waals surface area (Å²) in [5.74, 6) is 1.14. The predicted octanol–water partition coefficient (Wildman–Crippen LogP) is 5.17. The standard InChI is InChI=1S/C27H31N3O3/c1-2-3-9-16-28-25(31)21-14-17-30(18-15-21)27(32)23-13-8-7-12-22(23)26-29-19-24(33-26)20-10-5-4-6-11-20/h4-8,10-13,19,21H,2-3,9,14-18H2,1H3,(H,28,31). The van der Waals surface area contributed by atoms with Crippen LogP contribution >= 0.6 is 0 Å². The van der Waals surface area contributed by atoms with Crippen LogP contribution in [0.25, 0.3) is 22.8 Å². The van der Waals surface area contributed by atoms with Crippen molar-refractivity contribution in [1.29, 1.82) is 0 Å². The van der Waals surface area contributed by atoms with Gasteiger partial charge in [0, 0.05) is 36.7 Å². The Balaban J connectivity index is 1.41. The summed E-state index contributed by atoms with van der Waals surface area (Å²) in [5.41, 5.74) is 2.19. The van der Waals surface area contributed by atoms with E-state index in [1.54, 1.807) is 6.20 Å². The zero-order valence-electron chi connectivity index (χ0n) is 19.1. The zero-order chi connectivity index (χ0) is 23.0. The fraction of sp³-hybridized carbons (Fsp3) is 0.370. The lowest BCUT2D eigenvalue weighted by Crippen LogP contribution is -2.43. The van der Waals surface area contributed by atoms with E-state index in [9.17, 15) is 9.59 Å². The van der Waals surface area contributed by atoms with E-state index >= 15 is 0 Å². The minimum Gasteiger partial charge on any atom is -0.436 e. The third kappa shape index (κ3) is 5.51. The summed E-state index contributed by atoms with van der Waals surface area (Å²) in [6.45, 7) is 4.03. The van der Waals surface area contributed by atoms with Gasteiger partial charge in [-0.3, -0.25) is 9.59 Å². The van der Waals surface area contributed by atoms with E-state index in [0.717, 1.165) is 31.4 Å². The van der Waals surface area contributed by atoms with Gasteiger partial charge in [0.1, 0.15) is 0 Å². The Bertz CT molecular complexity index is 1070. The average molecular weight is 446 g/mol. The number of hydrogen-bond acceptors (Lipinski definition) is 4. The Morgan fingerprint density at radius 2 is 1.76 bits per heavy atom. The van der Waals surface area contributed by atoms with E-state index in [2.05, 4.69) is 17.2 Å². The number of carbonyl (C=O) groups is 2. The molecule has 0 atom stereocenters. The molecule has 0 radical (unpaired) electrons. The SMILES string of the molecule is CCCCCNC(=O)C1CCN(C(=O)c2ccccc2-c2ncc(-c3ccccc3)o2)CC1. The van der Waals surface area contributed by atoms with Gasteiger partial charge in [-0.1, -0.05) is 62.2 Å². The van der Waals surface area contributed by atoms with Gasteiger partial charge in [-0.2, -0.15) is 0 Å². The fourth-order valence-electron chi connectivity index (χ4n) is 4.24. The number of nitrogens with zero attached hydrogens (tertiary/aromatic N) is 2. The molecule has 3 aromatic rings. The van der Waals surface area contributed by atoms with Gasteiger partial charge >= 0.3 is 0 Å².